The number of ether oxygens (including phenoxy) is 1. The van der Waals surface area contributed by atoms with Gasteiger partial charge < -0.3 is 19.9 Å². The van der Waals surface area contributed by atoms with E-state index in [1.54, 1.807) is 13.2 Å². The van der Waals surface area contributed by atoms with Crippen molar-refractivity contribution in [2.75, 3.05) is 20.3 Å². The lowest BCUT2D eigenvalue weighted by molar-refractivity contribution is -0.124. The second kappa shape index (κ2) is 9.32. The van der Waals surface area contributed by atoms with Crippen LogP contribution in [0.25, 0.3) is 11.3 Å². The smallest absolute Gasteiger partial charge is 0.274 e. The maximum Gasteiger partial charge on any atom is 0.274 e. The number of hydrogen-bond donors (Lipinski definition) is 2. The van der Waals surface area contributed by atoms with Crippen LogP contribution in [0.4, 0.5) is 0 Å². The summed E-state index contributed by atoms with van der Waals surface area (Å²) in [6.45, 7) is 8.48. The van der Waals surface area contributed by atoms with Gasteiger partial charge >= 0.3 is 0 Å². The van der Waals surface area contributed by atoms with Gasteiger partial charge in [-0.25, -0.2) is 0 Å². The summed E-state index contributed by atoms with van der Waals surface area (Å²) in [5.74, 6) is -0.265. The van der Waals surface area contributed by atoms with E-state index in [1.807, 2.05) is 45.9 Å². The summed E-state index contributed by atoms with van der Waals surface area (Å²) in [7, 11) is 1.56. The monoisotopic (exact) mass is 373 g/mol. The van der Waals surface area contributed by atoms with Crippen molar-refractivity contribution < 1.29 is 18.8 Å². The zero-order valence-corrected chi connectivity index (χ0v) is 16.5. The molecule has 2 N–H and O–H groups in total. The topological polar surface area (TPSA) is 93.5 Å². The summed E-state index contributed by atoms with van der Waals surface area (Å²) in [4.78, 5) is 24.9. The van der Waals surface area contributed by atoms with Crippen molar-refractivity contribution in [3.05, 3.63) is 41.1 Å². The molecule has 1 aromatic heterocycles. The van der Waals surface area contributed by atoms with E-state index in [2.05, 4.69) is 15.8 Å². The van der Waals surface area contributed by atoms with Gasteiger partial charge in [-0.3, -0.25) is 9.59 Å². The second-order valence-corrected chi connectivity index (χ2v) is 6.87. The lowest BCUT2D eigenvalue weighted by atomic mass is 10.0. The van der Waals surface area contributed by atoms with Gasteiger partial charge in [0.25, 0.3) is 5.91 Å². The Bertz CT molecular complexity index is 798. The van der Waals surface area contributed by atoms with E-state index in [-0.39, 0.29) is 17.5 Å². The fourth-order valence-corrected chi connectivity index (χ4v) is 2.65. The molecule has 0 aliphatic heterocycles. The number of aryl methyl sites for hydroxylation is 2. The third-order valence-corrected chi connectivity index (χ3v) is 4.24. The summed E-state index contributed by atoms with van der Waals surface area (Å²) in [5.41, 5.74) is 3.15. The number of carbonyl (C=O) groups is 2. The van der Waals surface area contributed by atoms with Gasteiger partial charge in [0.2, 0.25) is 5.91 Å². The van der Waals surface area contributed by atoms with Gasteiger partial charge in [-0.05, 0) is 31.4 Å². The van der Waals surface area contributed by atoms with Crippen LogP contribution in [0.1, 0.15) is 35.5 Å². The Labute approximate surface area is 159 Å². The molecular weight excluding hydrogens is 346 g/mol. The first-order valence-corrected chi connectivity index (χ1v) is 8.95. The predicted molar refractivity (Wildman–Crippen MR) is 102 cm³/mol. The van der Waals surface area contributed by atoms with Crippen molar-refractivity contribution in [2.45, 2.75) is 33.7 Å². The average Bonchev–Trinajstić information content (AvgIpc) is 3.11. The summed E-state index contributed by atoms with van der Waals surface area (Å²) >= 11 is 0. The number of amides is 2. The Morgan fingerprint density at radius 1 is 1.22 bits per heavy atom. The minimum Gasteiger partial charge on any atom is -0.383 e. The minimum atomic E-state index is -0.671. The van der Waals surface area contributed by atoms with E-state index in [0.29, 0.717) is 18.9 Å². The van der Waals surface area contributed by atoms with Gasteiger partial charge in [-0.2, -0.15) is 0 Å². The summed E-state index contributed by atoms with van der Waals surface area (Å²) in [6, 6.07) is 6.91. The van der Waals surface area contributed by atoms with Gasteiger partial charge in [0, 0.05) is 25.3 Å². The largest absolute Gasteiger partial charge is 0.383 e. The molecule has 0 unspecified atom stereocenters. The summed E-state index contributed by atoms with van der Waals surface area (Å²) < 4.78 is 10.3. The molecule has 0 fully saturated rings. The zero-order valence-electron chi connectivity index (χ0n) is 16.5. The Morgan fingerprint density at radius 2 is 1.96 bits per heavy atom. The molecule has 1 atom stereocenters. The molecule has 1 heterocycles. The molecular formula is C20H27N3O4. The fourth-order valence-electron chi connectivity index (χ4n) is 2.65. The molecule has 0 saturated heterocycles. The van der Waals surface area contributed by atoms with Gasteiger partial charge in [0.15, 0.2) is 11.5 Å². The Morgan fingerprint density at radius 3 is 2.63 bits per heavy atom. The van der Waals surface area contributed by atoms with Crippen LogP contribution in [0.5, 0.6) is 0 Å². The van der Waals surface area contributed by atoms with Gasteiger partial charge in [0.05, 0.1) is 6.61 Å². The third kappa shape index (κ3) is 5.40. The Balaban J connectivity index is 2.11. The minimum absolute atomic E-state index is 0.0816. The zero-order chi connectivity index (χ0) is 20.0. The first-order chi connectivity index (χ1) is 12.8. The van der Waals surface area contributed by atoms with Crippen molar-refractivity contribution >= 4 is 11.8 Å². The Hall–Kier alpha value is -2.67. The molecule has 146 valence electrons. The normalized spacial score (nSPS) is 12.1. The predicted octanol–water partition coefficient (Wildman–Crippen LogP) is 2.48. The van der Waals surface area contributed by atoms with E-state index in [9.17, 15) is 9.59 Å². The average molecular weight is 373 g/mol. The molecule has 0 radical (unpaired) electrons. The van der Waals surface area contributed by atoms with Crippen LogP contribution in [-0.2, 0) is 9.53 Å². The van der Waals surface area contributed by atoms with Gasteiger partial charge in [-0.15, -0.1) is 0 Å². The number of methoxy groups -OCH3 is 1. The number of nitrogens with one attached hydrogen (secondary N) is 2. The molecule has 0 aliphatic rings. The van der Waals surface area contributed by atoms with Crippen LogP contribution in [0.3, 0.4) is 0 Å². The van der Waals surface area contributed by atoms with Crippen molar-refractivity contribution in [3.63, 3.8) is 0 Å². The second-order valence-electron chi connectivity index (χ2n) is 6.87. The summed E-state index contributed by atoms with van der Waals surface area (Å²) in [5, 5.41) is 9.35. The van der Waals surface area contributed by atoms with E-state index in [0.717, 1.165) is 16.7 Å². The number of hydrogen-bond acceptors (Lipinski definition) is 5. The number of benzene rings is 1. The number of aromatic nitrogens is 1. The first-order valence-electron chi connectivity index (χ1n) is 8.95. The first kappa shape index (κ1) is 20.6. The van der Waals surface area contributed by atoms with Gasteiger partial charge in [0.1, 0.15) is 6.04 Å². The van der Waals surface area contributed by atoms with Crippen LogP contribution in [-0.4, -0.2) is 43.3 Å². The van der Waals surface area contributed by atoms with Crippen LogP contribution < -0.4 is 10.6 Å². The molecule has 2 aromatic rings. The van der Waals surface area contributed by atoms with Crippen LogP contribution in [0.2, 0.25) is 0 Å². The van der Waals surface area contributed by atoms with Gasteiger partial charge in [-0.1, -0.05) is 36.7 Å². The molecule has 0 saturated carbocycles. The van der Waals surface area contributed by atoms with E-state index >= 15 is 0 Å². The van der Waals surface area contributed by atoms with Crippen LogP contribution >= 0.6 is 0 Å². The maximum absolute atomic E-state index is 12.6. The van der Waals surface area contributed by atoms with Crippen molar-refractivity contribution in [3.8, 4) is 11.3 Å². The third-order valence-electron chi connectivity index (χ3n) is 4.24. The van der Waals surface area contributed by atoms with Crippen LogP contribution in [0.15, 0.2) is 28.8 Å². The molecule has 27 heavy (non-hydrogen) atoms. The van der Waals surface area contributed by atoms with Crippen molar-refractivity contribution in [1.29, 1.82) is 0 Å². The lowest BCUT2D eigenvalue weighted by Gasteiger charge is -2.21. The molecule has 1 aromatic carbocycles. The molecule has 2 amide bonds. The highest BCUT2D eigenvalue weighted by Gasteiger charge is 2.26. The fraction of sp³-hybridized carbons (Fsp3) is 0.450. The van der Waals surface area contributed by atoms with Crippen LogP contribution in [0, 0.1) is 19.8 Å². The number of carbonyl (C=O) groups excluding carboxylic acids is 2. The van der Waals surface area contributed by atoms with E-state index in [4.69, 9.17) is 9.26 Å². The Kier molecular flexibility index (Phi) is 7.12. The highest BCUT2D eigenvalue weighted by atomic mass is 16.5. The lowest BCUT2D eigenvalue weighted by Crippen LogP contribution is -2.50. The molecule has 0 spiro atoms. The van der Waals surface area contributed by atoms with E-state index < -0.39 is 11.9 Å². The maximum atomic E-state index is 12.6. The number of nitrogens with zero attached hydrogens (tertiary/aromatic N) is 1. The SMILES string of the molecule is COCCNC(=O)[C@H](NC(=O)c1cc(-c2cc(C)ccc2C)on1)C(C)C. The highest BCUT2D eigenvalue weighted by Crippen LogP contribution is 2.25. The molecule has 2 rings (SSSR count). The summed E-state index contributed by atoms with van der Waals surface area (Å²) in [6.07, 6.45) is 0. The molecule has 0 aliphatic carbocycles. The standard InChI is InChI=1S/C20H27N3O4/c1-12(2)18(20(25)21-8-9-26-5)22-19(24)16-11-17(27-23-16)15-10-13(3)6-7-14(15)4/h6-7,10-12,18H,8-9H2,1-5H3,(H,21,25)(H,22,24)/t18-/m1/s1. The van der Waals surface area contributed by atoms with E-state index in [1.165, 1.54) is 0 Å². The highest BCUT2D eigenvalue weighted by molar-refractivity contribution is 5.96. The number of rotatable bonds is 8. The quantitative estimate of drug-likeness (QED) is 0.694. The molecule has 7 nitrogen and oxygen atoms in total. The molecule has 7 heteroatoms. The van der Waals surface area contributed by atoms with Crippen molar-refractivity contribution in [2.24, 2.45) is 5.92 Å². The molecule has 0 bridgehead atoms. The van der Waals surface area contributed by atoms with Crippen molar-refractivity contribution in [1.82, 2.24) is 15.8 Å².